The maximum absolute atomic E-state index is 11.3. The molecule has 86 valence electrons. The molecule has 1 fully saturated rings. The van der Waals surface area contributed by atoms with Crippen LogP contribution in [0.4, 0.5) is 0 Å². The van der Waals surface area contributed by atoms with E-state index in [4.69, 9.17) is 4.84 Å². The number of nitrogens with zero attached hydrogens (tertiary/aromatic N) is 1. The zero-order valence-corrected chi connectivity index (χ0v) is 10.2. The lowest BCUT2D eigenvalue weighted by Gasteiger charge is -2.50. The van der Waals surface area contributed by atoms with Crippen molar-refractivity contribution < 1.29 is 9.63 Å². The third-order valence-corrected chi connectivity index (χ3v) is 3.02. The summed E-state index contributed by atoms with van der Waals surface area (Å²) in [6, 6.07) is 0. The summed E-state index contributed by atoms with van der Waals surface area (Å²) in [5.74, 6) is -0.377. The number of carbonyl (C=O) groups excluding carboxylic acids is 1. The molecule has 0 amide bonds. The second kappa shape index (κ2) is 3.97. The summed E-state index contributed by atoms with van der Waals surface area (Å²) >= 11 is 0. The van der Waals surface area contributed by atoms with Crippen LogP contribution in [0.1, 0.15) is 47.0 Å². The predicted octanol–water partition coefficient (Wildman–Crippen LogP) is 2.67. The van der Waals surface area contributed by atoms with Crippen molar-refractivity contribution in [3.63, 3.8) is 0 Å². The highest BCUT2D eigenvalue weighted by molar-refractivity contribution is 5.80. The molecular weight excluding hydrogens is 190 g/mol. The van der Waals surface area contributed by atoms with E-state index in [0.717, 1.165) is 12.8 Å². The molecule has 0 spiro atoms. The number of carbonyl (C=O) groups is 1. The van der Waals surface area contributed by atoms with Gasteiger partial charge in [0.25, 0.3) is 0 Å². The van der Waals surface area contributed by atoms with E-state index in [1.165, 1.54) is 12.5 Å². The topological polar surface area (TPSA) is 29.5 Å². The third-order valence-electron chi connectivity index (χ3n) is 3.02. The zero-order chi connectivity index (χ0) is 11.7. The van der Waals surface area contributed by atoms with Gasteiger partial charge in [-0.3, -0.25) is 0 Å². The maximum Gasteiger partial charge on any atom is 0.349 e. The minimum atomic E-state index is -0.377. The van der Waals surface area contributed by atoms with Gasteiger partial charge < -0.3 is 4.84 Å². The van der Waals surface area contributed by atoms with E-state index in [1.54, 1.807) is 0 Å². The minimum Gasteiger partial charge on any atom is -0.363 e. The molecule has 15 heavy (non-hydrogen) atoms. The van der Waals surface area contributed by atoms with Gasteiger partial charge in [-0.15, -0.1) is 5.06 Å². The first-order valence-corrected chi connectivity index (χ1v) is 5.44. The van der Waals surface area contributed by atoms with Gasteiger partial charge in [0, 0.05) is 6.08 Å². The largest absolute Gasteiger partial charge is 0.363 e. The van der Waals surface area contributed by atoms with Crippen LogP contribution in [0.3, 0.4) is 0 Å². The van der Waals surface area contributed by atoms with Gasteiger partial charge >= 0.3 is 5.97 Å². The average molecular weight is 211 g/mol. The van der Waals surface area contributed by atoms with E-state index in [2.05, 4.69) is 34.3 Å². The smallest absolute Gasteiger partial charge is 0.349 e. The average Bonchev–Trinajstić information content (AvgIpc) is 2.10. The first-order chi connectivity index (χ1) is 6.79. The molecule has 1 rings (SSSR count). The fraction of sp³-hybridized carbons (Fsp3) is 0.750. The summed E-state index contributed by atoms with van der Waals surface area (Å²) in [5, 5.41) is 1.83. The SMILES string of the molecule is C=CC(=O)ON1C(C)(C)CCCC1(C)C. The third kappa shape index (κ3) is 2.59. The predicted molar refractivity (Wildman–Crippen MR) is 60.1 cm³/mol. The lowest BCUT2D eigenvalue weighted by Crippen LogP contribution is -2.58. The van der Waals surface area contributed by atoms with Gasteiger partial charge in [-0.1, -0.05) is 6.58 Å². The number of hydrogen-bond donors (Lipinski definition) is 0. The van der Waals surface area contributed by atoms with E-state index in [-0.39, 0.29) is 17.0 Å². The zero-order valence-electron chi connectivity index (χ0n) is 10.2. The number of piperidine rings is 1. The monoisotopic (exact) mass is 211 g/mol. The highest BCUT2D eigenvalue weighted by Gasteiger charge is 2.44. The second-order valence-corrected chi connectivity index (χ2v) is 5.39. The van der Waals surface area contributed by atoms with E-state index in [9.17, 15) is 4.79 Å². The summed E-state index contributed by atoms with van der Waals surface area (Å²) in [6.07, 6.45) is 4.46. The Morgan fingerprint density at radius 2 is 1.73 bits per heavy atom. The molecule has 0 unspecified atom stereocenters. The molecule has 0 aromatic rings. The molecule has 0 aliphatic carbocycles. The minimum absolute atomic E-state index is 0.0968. The first kappa shape index (κ1) is 12.2. The van der Waals surface area contributed by atoms with Crippen molar-refractivity contribution in [3.8, 4) is 0 Å². The van der Waals surface area contributed by atoms with Crippen LogP contribution >= 0.6 is 0 Å². The molecule has 3 heteroatoms. The lowest BCUT2D eigenvalue weighted by molar-refractivity contribution is -0.261. The number of rotatable bonds is 2. The summed E-state index contributed by atoms with van der Waals surface area (Å²) in [4.78, 5) is 16.6. The van der Waals surface area contributed by atoms with Crippen molar-refractivity contribution in [2.24, 2.45) is 0 Å². The van der Waals surface area contributed by atoms with Crippen LogP contribution in [0.2, 0.25) is 0 Å². The van der Waals surface area contributed by atoms with Crippen LogP contribution in [-0.4, -0.2) is 22.1 Å². The molecular formula is C12H21NO2. The van der Waals surface area contributed by atoms with Gasteiger partial charge in [0.15, 0.2) is 0 Å². The Labute approximate surface area is 92.0 Å². The van der Waals surface area contributed by atoms with Gasteiger partial charge in [-0.2, -0.15) is 0 Å². The molecule has 3 nitrogen and oxygen atoms in total. The van der Waals surface area contributed by atoms with Gasteiger partial charge in [0.1, 0.15) is 0 Å². The van der Waals surface area contributed by atoms with Crippen LogP contribution in [-0.2, 0) is 9.63 Å². The maximum atomic E-state index is 11.3. The molecule has 0 bridgehead atoms. The molecule has 0 atom stereocenters. The Kier molecular flexibility index (Phi) is 3.24. The van der Waals surface area contributed by atoms with Crippen LogP contribution in [0.15, 0.2) is 12.7 Å². The summed E-state index contributed by atoms with van der Waals surface area (Å²) in [5.41, 5.74) is -0.194. The van der Waals surface area contributed by atoms with Crippen molar-refractivity contribution >= 4 is 5.97 Å². The fourth-order valence-corrected chi connectivity index (χ4v) is 2.35. The van der Waals surface area contributed by atoms with E-state index < -0.39 is 0 Å². The highest BCUT2D eigenvalue weighted by atomic mass is 16.7. The van der Waals surface area contributed by atoms with Crippen LogP contribution < -0.4 is 0 Å². The standard InChI is InChI=1S/C12H21NO2/c1-6-10(14)15-13-11(2,3)8-7-9-12(13,4)5/h6H,1,7-9H2,2-5H3. The van der Waals surface area contributed by atoms with Crippen LogP contribution in [0, 0.1) is 0 Å². The van der Waals surface area contributed by atoms with Crippen LogP contribution in [0.5, 0.6) is 0 Å². The van der Waals surface area contributed by atoms with Crippen molar-refractivity contribution in [2.45, 2.75) is 58.0 Å². The molecule has 0 N–H and O–H groups in total. The molecule has 0 aromatic heterocycles. The summed E-state index contributed by atoms with van der Waals surface area (Å²) in [6.45, 7) is 11.8. The van der Waals surface area contributed by atoms with Gasteiger partial charge in [-0.05, 0) is 47.0 Å². The van der Waals surface area contributed by atoms with Crippen molar-refractivity contribution in [1.29, 1.82) is 0 Å². The lowest BCUT2D eigenvalue weighted by atomic mass is 9.82. The molecule has 1 aliphatic rings. The number of hydroxylamine groups is 2. The molecule has 1 saturated heterocycles. The number of hydrogen-bond acceptors (Lipinski definition) is 3. The van der Waals surface area contributed by atoms with Gasteiger partial charge in [0.2, 0.25) is 0 Å². The Bertz CT molecular complexity index is 253. The fourth-order valence-electron chi connectivity index (χ4n) is 2.35. The molecule has 0 saturated carbocycles. The molecule has 0 aromatic carbocycles. The Balaban J connectivity index is 2.86. The van der Waals surface area contributed by atoms with E-state index in [0.29, 0.717) is 0 Å². The normalized spacial score (nSPS) is 24.5. The second-order valence-electron chi connectivity index (χ2n) is 5.39. The summed E-state index contributed by atoms with van der Waals surface area (Å²) in [7, 11) is 0. The van der Waals surface area contributed by atoms with Gasteiger partial charge in [-0.25, -0.2) is 4.79 Å². The van der Waals surface area contributed by atoms with Crippen molar-refractivity contribution in [2.75, 3.05) is 0 Å². The Morgan fingerprint density at radius 3 is 2.13 bits per heavy atom. The van der Waals surface area contributed by atoms with E-state index in [1.807, 2.05) is 5.06 Å². The quantitative estimate of drug-likeness (QED) is 0.658. The Hall–Kier alpha value is -0.830. The highest BCUT2D eigenvalue weighted by Crippen LogP contribution is 2.38. The summed E-state index contributed by atoms with van der Waals surface area (Å²) < 4.78 is 0. The van der Waals surface area contributed by atoms with E-state index >= 15 is 0 Å². The van der Waals surface area contributed by atoms with Crippen LogP contribution in [0.25, 0.3) is 0 Å². The van der Waals surface area contributed by atoms with Crippen molar-refractivity contribution in [1.82, 2.24) is 5.06 Å². The molecule has 0 radical (unpaired) electrons. The van der Waals surface area contributed by atoms with Crippen molar-refractivity contribution in [3.05, 3.63) is 12.7 Å². The first-order valence-electron chi connectivity index (χ1n) is 5.44. The molecule has 1 aliphatic heterocycles. The molecule has 1 heterocycles. The Morgan fingerprint density at radius 1 is 1.27 bits per heavy atom. The van der Waals surface area contributed by atoms with Gasteiger partial charge in [0.05, 0.1) is 11.1 Å².